The molecule has 0 aromatic rings. The van der Waals surface area contributed by atoms with Gasteiger partial charge in [-0.25, -0.2) is 0 Å². The predicted octanol–water partition coefficient (Wildman–Crippen LogP) is 2.93. The van der Waals surface area contributed by atoms with Crippen LogP contribution in [0.15, 0.2) is 0 Å². The van der Waals surface area contributed by atoms with Gasteiger partial charge < -0.3 is 14.5 Å². The molecule has 0 unspecified atom stereocenters. The molecular weight excluding hydrogens is 227 g/mol. The van der Waals surface area contributed by atoms with E-state index in [1.165, 1.54) is 12.8 Å². The molecule has 0 fully saturated rings. The fraction of sp³-hybridized carbons (Fsp3) is 1.00. The molecule has 0 atom stereocenters. The van der Waals surface area contributed by atoms with Gasteiger partial charge in [-0.15, -0.1) is 0 Å². The van der Waals surface area contributed by atoms with Gasteiger partial charge in [0.15, 0.2) is 0 Å². The van der Waals surface area contributed by atoms with E-state index in [0.29, 0.717) is 6.42 Å². The van der Waals surface area contributed by atoms with Crippen molar-refractivity contribution in [3.63, 3.8) is 0 Å². The highest BCUT2D eigenvalue weighted by Crippen LogP contribution is 2.35. The second-order valence-electron chi connectivity index (χ2n) is 4.06. The Bertz CT molecular complexity index is 190. The van der Waals surface area contributed by atoms with Crippen molar-refractivity contribution in [3.05, 3.63) is 0 Å². The minimum atomic E-state index is -3.76. The minimum Gasteiger partial charge on any atom is -0.382 e. The normalized spacial score (nSPS) is 11.9. The second-order valence-corrected chi connectivity index (χ2v) is 5.84. The zero-order valence-corrected chi connectivity index (χ0v) is 11.1. The third-order valence-corrected chi connectivity index (χ3v) is 3.34. The Morgan fingerprint density at radius 1 is 0.938 bits per heavy atom. The molecule has 16 heavy (non-hydrogen) atoms. The van der Waals surface area contributed by atoms with E-state index in [1.807, 2.05) is 6.92 Å². The van der Waals surface area contributed by atoms with Gasteiger partial charge in [0.1, 0.15) is 0 Å². The van der Waals surface area contributed by atoms with Crippen LogP contribution in [-0.2, 0) is 9.30 Å². The summed E-state index contributed by atoms with van der Waals surface area (Å²) in [6, 6.07) is 0. The summed E-state index contributed by atoms with van der Waals surface area (Å²) in [5.74, 6) is 0. The quantitative estimate of drug-likeness (QED) is 0.438. The van der Waals surface area contributed by atoms with Gasteiger partial charge in [-0.1, -0.05) is 32.1 Å². The third kappa shape index (κ3) is 14.1. The molecule has 0 saturated carbocycles. The van der Waals surface area contributed by atoms with Gasteiger partial charge in [-0.05, 0) is 19.8 Å². The van der Waals surface area contributed by atoms with Gasteiger partial charge in [-0.2, -0.15) is 0 Å². The molecule has 0 rings (SSSR count). The van der Waals surface area contributed by atoms with Crippen LogP contribution in [0, 0.1) is 0 Å². The highest BCUT2D eigenvalue weighted by molar-refractivity contribution is 7.51. The van der Waals surface area contributed by atoms with Gasteiger partial charge in [0, 0.05) is 19.4 Å². The molecule has 2 N–H and O–H groups in total. The van der Waals surface area contributed by atoms with Crippen molar-refractivity contribution in [1.29, 1.82) is 0 Å². The lowest BCUT2D eigenvalue weighted by Crippen LogP contribution is -1.93. The second kappa shape index (κ2) is 10.3. The van der Waals surface area contributed by atoms with Crippen molar-refractivity contribution >= 4 is 7.60 Å². The Morgan fingerprint density at radius 3 is 1.94 bits per heavy atom. The Hall–Kier alpha value is 0.110. The molecule has 0 aliphatic heterocycles. The van der Waals surface area contributed by atoms with E-state index in [-0.39, 0.29) is 6.16 Å². The van der Waals surface area contributed by atoms with Crippen molar-refractivity contribution in [2.24, 2.45) is 0 Å². The third-order valence-electron chi connectivity index (χ3n) is 2.44. The van der Waals surface area contributed by atoms with Crippen molar-refractivity contribution in [1.82, 2.24) is 0 Å². The van der Waals surface area contributed by atoms with Crippen molar-refractivity contribution in [3.8, 4) is 0 Å². The number of rotatable bonds is 11. The van der Waals surface area contributed by atoms with E-state index in [9.17, 15) is 4.57 Å². The Kier molecular flexibility index (Phi) is 10.3. The van der Waals surface area contributed by atoms with Crippen LogP contribution in [0.25, 0.3) is 0 Å². The van der Waals surface area contributed by atoms with Gasteiger partial charge in [0.25, 0.3) is 0 Å². The smallest absolute Gasteiger partial charge is 0.325 e. The average molecular weight is 252 g/mol. The van der Waals surface area contributed by atoms with Gasteiger partial charge >= 0.3 is 7.60 Å². The molecule has 0 bridgehead atoms. The summed E-state index contributed by atoms with van der Waals surface area (Å²) in [5, 5.41) is 0. The maximum Gasteiger partial charge on any atom is 0.325 e. The molecule has 0 heterocycles. The van der Waals surface area contributed by atoms with E-state index >= 15 is 0 Å². The van der Waals surface area contributed by atoms with Crippen LogP contribution in [0.2, 0.25) is 0 Å². The van der Waals surface area contributed by atoms with Crippen molar-refractivity contribution < 1.29 is 19.1 Å². The van der Waals surface area contributed by atoms with Gasteiger partial charge in [0.05, 0.1) is 0 Å². The molecule has 0 aliphatic rings. The Labute approximate surface area is 98.6 Å². The molecule has 0 spiro atoms. The lowest BCUT2D eigenvalue weighted by Gasteiger charge is -2.04. The molecule has 4 nitrogen and oxygen atoms in total. The fourth-order valence-corrected chi connectivity index (χ4v) is 2.19. The largest absolute Gasteiger partial charge is 0.382 e. The van der Waals surface area contributed by atoms with Crippen LogP contribution < -0.4 is 0 Å². The molecule has 0 amide bonds. The zero-order chi connectivity index (χ0) is 12.3. The molecule has 5 heteroatoms. The van der Waals surface area contributed by atoms with E-state index in [1.54, 1.807) is 0 Å². The first kappa shape index (κ1) is 16.1. The van der Waals surface area contributed by atoms with Crippen LogP contribution in [0.3, 0.4) is 0 Å². The molecule has 0 radical (unpaired) electrons. The highest BCUT2D eigenvalue weighted by atomic mass is 31.2. The molecule has 0 aromatic heterocycles. The number of ether oxygens (including phenoxy) is 1. The molecule has 0 saturated heterocycles. The van der Waals surface area contributed by atoms with Gasteiger partial charge in [0.2, 0.25) is 0 Å². The lowest BCUT2D eigenvalue weighted by molar-refractivity contribution is 0.143. The van der Waals surface area contributed by atoms with Crippen LogP contribution in [-0.4, -0.2) is 29.2 Å². The van der Waals surface area contributed by atoms with E-state index in [0.717, 1.165) is 38.9 Å². The number of unbranched alkanes of at least 4 members (excludes halogenated alkanes) is 6. The first-order chi connectivity index (χ1) is 7.56. The monoisotopic (exact) mass is 252 g/mol. The number of hydrogen-bond donors (Lipinski definition) is 2. The lowest BCUT2D eigenvalue weighted by atomic mass is 10.1. The topological polar surface area (TPSA) is 66.8 Å². The summed E-state index contributed by atoms with van der Waals surface area (Å²) < 4.78 is 15.8. The summed E-state index contributed by atoms with van der Waals surface area (Å²) in [6.07, 6.45) is 7.36. The highest BCUT2D eigenvalue weighted by Gasteiger charge is 2.10. The predicted molar refractivity (Wildman–Crippen MR) is 65.7 cm³/mol. The fourth-order valence-electron chi connectivity index (χ4n) is 1.55. The van der Waals surface area contributed by atoms with Crippen LogP contribution in [0.5, 0.6) is 0 Å². The average Bonchev–Trinajstić information content (AvgIpc) is 2.19. The summed E-state index contributed by atoms with van der Waals surface area (Å²) in [7, 11) is -3.76. The standard InChI is InChI=1S/C11H25O4P/c1-2-15-10-8-6-4-3-5-7-9-11-16(12,13)14/h2-11H2,1H3,(H2,12,13,14). The zero-order valence-electron chi connectivity index (χ0n) is 10.2. The SMILES string of the molecule is CCOCCCCCCCCCP(=O)(O)O. The maximum absolute atomic E-state index is 10.5. The summed E-state index contributed by atoms with van der Waals surface area (Å²) >= 11 is 0. The summed E-state index contributed by atoms with van der Waals surface area (Å²) in [4.78, 5) is 17.3. The minimum absolute atomic E-state index is 0.0390. The van der Waals surface area contributed by atoms with Crippen molar-refractivity contribution in [2.45, 2.75) is 51.9 Å². The van der Waals surface area contributed by atoms with Gasteiger partial charge in [-0.3, -0.25) is 4.57 Å². The summed E-state index contributed by atoms with van der Waals surface area (Å²) in [6.45, 7) is 3.65. The van der Waals surface area contributed by atoms with Crippen LogP contribution in [0.1, 0.15) is 51.9 Å². The number of hydrogen-bond acceptors (Lipinski definition) is 2. The van der Waals surface area contributed by atoms with Crippen LogP contribution in [0.4, 0.5) is 0 Å². The van der Waals surface area contributed by atoms with Crippen LogP contribution >= 0.6 is 7.60 Å². The van der Waals surface area contributed by atoms with E-state index < -0.39 is 7.60 Å². The molecular formula is C11H25O4P. The Balaban J connectivity index is 3.02. The molecule has 98 valence electrons. The Morgan fingerprint density at radius 2 is 1.44 bits per heavy atom. The first-order valence-electron chi connectivity index (χ1n) is 6.18. The van der Waals surface area contributed by atoms with Crippen molar-refractivity contribution in [2.75, 3.05) is 19.4 Å². The first-order valence-corrected chi connectivity index (χ1v) is 7.98. The maximum atomic E-state index is 10.5. The van der Waals surface area contributed by atoms with E-state index in [2.05, 4.69) is 0 Å². The summed E-state index contributed by atoms with van der Waals surface area (Å²) in [5.41, 5.74) is 0. The van der Waals surface area contributed by atoms with E-state index in [4.69, 9.17) is 14.5 Å². The molecule has 0 aliphatic carbocycles. The molecule has 0 aromatic carbocycles.